The largest absolute Gasteiger partial charge is 0.484 e. The normalized spacial score (nSPS) is 17.1. The Labute approximate surface area is 153 Å². The maximum atomic E-state index is 12.1. The summed E-state index contributed by atoms with van der Waals surface area (Å²) in [6.45, 7) is 5.99. The zero-order valence-corrected chi connectivity index (χ0v) is 15.6. The van der Waals surface area contributed by atoms with Gasteiger partial charge in [0.15, 0.2) is 11.7 Å². The first kappa shape index (κ1) is 17.7. The quantitative estimate of drug-likeness (QED) is 0.823. The molecule has 1 aliphatic rings. The fraction of sp³-hybridized carbons (Fsp3) is 0.474. The van der Waals surface area contributed by atoms with Crippen molar-refractivity contribution in [3.05, 3.63) is 41.4 Å². The number of carbonyl (C=O) groups excluding carboxylic acids is 1. The molecule has 0 aliphatic carbocycles. The Kier molecular flexibility index (Phi) is 5.91. The van der Waals surface area contributed by atoms with Crippen molar-refractivity contribution in [3.63, 3.8) is 0 Å². The van der Waals surface area contributed by atoms with E-state index in [-0.39, 0.29) is 12.5 Å². The van der Waals surface area contributed by atoms with Crippen LogP contribution in [0.1, 0.15) is 38.2 Å². The molecule has 1 amide bonds. The average Bonchev–Trinajstić information content (AvgIpc) is 3.29. The van der Waals surface area contributed by atoms with Crippen LogP contribution in [0, 0.1) is 0 Å². The van der Waals surface area contributed by atoms with E-state index in [4.69, 9.17) is 4.74 Å². The van der Waals surface area contributed by atoms with E-state index in [1.807, 2.05) is 35.8 Å². The van der Waals surface area contributed by atoms with Crippen LogP contribution < -0.4 is 15.0 Å². The molecule has 3 rings (SSSR count). The summed E-state index contributed by atoms with van der Waals surface area (Å²) < 4.78 is 5.58. The molecule has 1 aromatic carbocycles. The molecule has 1 fully saturated rings. The van der Waals surface area contributed by atoms with Crippen LogP contribution in [0.25, 0.3) is 0 Å². The van der Waals surface area contributed by atoms with Crippen LogP contribution in [-0.4, -0.2) is 36.6 Å². The second-order valence-electron chi connectivity index (χ2n) is 6.62. The van der Waals surface area contributed by atoms with Crippen molar-refractivity contribution in [2.45, 2.75) is 38.6 Å². The third-order valence-corrected chi connectivity index (χ3v) is 5.30. The lowest BCUT2D eigenvalue weighted by Crippen LogP contribution is -2.41. The van der Waals surface area contributed by atoms with Crippen LogP contribution in [0.4, 0.5) is 5.13 Å². The van der Waals surface area contributed by atoms with Gasteiger partial charge < -0.3 is 15.0 Å². The highest BCUT2D eigenvalue weighted by molar-refractivity contribution is 7.13. The first-order chi connectivity index (χ1) is 12.1. The minimum atomic E-state index is -0.0843. The number of nitrogens with one attached hydrogen (secondary N) is 1. The van der Waals surface area contributed by atoms with Crippen molar-refractivity contribution in [1.29, 1.82) is 0 Å². The van der Waals surface area contributed by atoms with E-state index in [9.17, 15) is 4.79 Å². The Morgan fingerprint density at radius 1 is 1.40 bits per heavy atom. The van der Waals surface area contributed by atoms with Crippen LogP contribution in [0.15, 0.2) is 35.8 Å². The number of hydrogen-bond acceptors (Lipinski definition) is 5. The predicted molar refractivity (Wildman–Crippen MR) is 102 cm³/mol. The molecule has 2 aromatic rings. The summed E-state index contributed by atoms with van der Waals surface area (Å²) in [5, 5.41) is 6.02. The molecule has 1 atom stereocenters. The van der Waals surface area contributed by atoms with E-state index >= 15 is 0 Å². The fourth-order valence-corrected chi connectivity index (χ4v) is 3.78. The molecular formula is C19H25N3O2S. The number of benzene rings is 1. The maximum Gasteiger partial charge on any atom is 0.258 e. The second kappa shape index (κ2) is 8.34. The van der Waals surface area contributed by atoms with Gasteiger partial charge in [0.05, 0.1) is 0 Å². The molecule has 1 aromatic heterocycles. The number of ether oxygens (including phenoxy) is 1. The lowest BCUT2D eigenvalue weighted by Gasteiger charge is -2.24. The van der Waals surface area contributed by atoms with Gasteiger partial charge >= 0.3 is 0 Å². The molecule has 1 unspecified atom stereocenters. The molecule has 0 saturated carbocycles. The van der Waals surface area contributed by atoms with E-state index in [1.54, 1.807) is 11.3 Å². The lowest BCUT2D eigenvalue weighted by atomic mass is 10.0. The zero-order valence-electron chi connectivity index (χ0n) is 14.8. The molecule has 2 heterocycles. The summed E-state index contributed by atoms with van der Waals surface area (Å²) in [5.74, 6) is 1.13. The summed E-state index contributed by atoms with van der Waals surface area (Å²) >= 11 is 1.65. The van der Waals surface area contributed by atoms with Gasteiger partial charge in [-0.3, -0.25) is 4.79 Å². The zero-order chi connectivity index (χ0) is 17.6. The van der Waals surface area contributed by atoms with Crippen LogP contribution >= 0.6 is 11.3 Å². The van der Waals surface area contributed by atoms with E-state index in [1.165, 1.54) is 5.56 Å². The minimum Gasteiger partial charge on any atom is -0.484 e. The van der Waals surface area contributed by atoms with Crippen molar-refractivity contribution in [2.24, 2.45) is 0 Å². The number of anilines is 1. The van der Waals surface area contributed by atoms with Crippen molar-refractivity contribution in [1.82, 2.24) is 10.3 Å². The molecule has 6 heteroatoms. The highest BCUT2D eigenvalue weighted by atomic mass is 32.1. The van der Waals surface area contributed by atoms with Crippen LogP contribution in [-0.2, 0) is 4.79 Å². The number of rotatable bonds is 7. The van der Waals surface area contributed by atoms with Gasteiger partial charge in [0, 0.05) is 30.7 Å². The Morgan fingerprint density at radius 3 is 2.88 bits per heavy atom. The third kappa shape index (κ3) is 4.72. The Balaban J connectivity index is 1.43. The molecule has 0 radical (unpaired) electrons. The van der Waals surface area contributed by atoms with Gasteiger partial charge in [-0.2, -0.15) is 0 Å². The van der Waals surface area contributed by atoms with E-state index in [0.29, 0.717) is 18.5 Å². The fourth-order valence-electron chi connectivity index (χ4n) is 3.04. The van der Waals surface area contributed by atoms with Gasteiger partial charge in [0.1, 0.15) is 5.75 Å². The van der Waals surface area contributed by atoms with Gasteiger partial charge in [-0.05, 0) is 36.5 Å². The first-order valence-electron chi connectivity index (χ1n) is 8.79. The second-order valence-corrected chi connectivity index (χ2v) is 7.49. The average molecular weight is 359 g/mol. The van der Waals surface area contributed by atoms with E-state index in [0.717, 1.165) is 30.3 Å². The molecule has 25 heavy (non-hydrogen) atoms. The summed E-state index contributed by atoms with van der Waals surface area (Å²) in [6.07, 6.45) is 4.04. The summed E-state index contributed by atoms with van der Waals surface area (Å²) in [4.78, 5) is 18.7. The van der Waals surface area contributed by atoms with Crippen LogP contribution in [0.5, 0.6) is 5.75 Å². The molecular weight excluding hydrogens is 334 g/mol. The highest BCUT2D eigenvalue weighted by Gasteiger charge is 2.26. The Morgan fingerprint density at radius 2 is 2.20 bits per heavy atom. The summed E-state index contributed by atoms with van der Waals surface area (Å²) in [7, 11) is 0. The monoisotopic (exact) mass is 359 g/mol. The van der Waals surface area contributed by atoms with Crippen LogP contribution in [0.3, 0.4) is 0 Å². The molecule has 1 saturated heterocycles. The van der Waals surface area contributed by atoms with Crippen LogP contribution in [0.2, 0.25) is 0 Å². The number of nitrogens with zero attached hydrogens (tertiary/aromatic N) is 2. The molecule has 134 valence electrons. The van der Waals surface area contributed by atoms with E-state index in [2.05, 4.69) is 29.0 Å². The molecule has 5 nitrogen and oxygen atoms in total. The number of hydrogen-bond donors (Lipinski definition) is 1. The van der Waals surface area contributed by atoms with Gasteiger partial charge in [-0.15, -0.1) is 11.3 Å². The Hall–Kier alpha value is -2.08. The van der Waals surface area contributed by atoms with Gasteiger partial charge in [-0.25, -0.2) is 4.98 Å². The van der Waals surface area contributed by atoms with Crippen molar-refractivity contribution >= 4 is 22.4 Å². The number of amides is 1. The number of carbonyl (C=O) groups is 1. The SMILES string of the molecule is CC(C)c1ccc(OCC(=O)NCC2CCCN2c2nccs2)cc1. The number of thiazole rings is 1. The van der Waals surface area contributed by atoms with Gasteiger partial charge in [0.2, 0.25) is 0 Å². The van der Waals surface area contributed by atoms with Crippen molar-refractivity contribution in [3.8, 4) is 5.75 Å². The topological polar surface area (TPSA) is 54.5 Å². The standard InChI is InChI=1S/C19H25N3O2S/c1-14(2)15-5-7-17(8-6-15)24-13-18(23)21-12-16-4-3-10-22(16)19-20-9-11-25-19/h5-9,11,14,16H,3-4,10,12-13H2,1-2H3,(H,21,23). The molecule has 0 spiro atoms. The first-order valence-corrected chi connectivity index (χ1v) is 9.67. The molecule has 1 aliphatic heterocycles. The number of aromatic nitrogens is 1. The minimum absolute atomic E-state index is 0.0466. The smallest absolute Gasteiger partial charge is 0.258 e. The molecule has 0 bridgehead atoms. The van der Waals surface area contributed by atoms with Crippen molar-refractivity contribution < 1.29 is 9.53 Å². The lowest BCUT2D eigenvalue weighted by molar-refractivity contribution is -0.123. The highest BCUT2D eigenvalue weighted by Crippen LogP contribution is 2.26. The summed E-state index contributed by atoms with van der Waals surface area (Å²) in [5.41, 5.74) is 1.26. The maximum absolute atomic E-state index is 12.1. The summed E-state index contributed by atoms with van der Waals surface area (Å²) in [6, 6.07) is 8.25. The molecule has 1 N–H and O–H groups in total. The van der Waals surface area contributed by atoms with Gasteiger partial charge in [-0.1, -0.05) is 26.0 Å². The Bertz CT molecular complexity index is 670. The van der Waals surface area contributed by atoms with Gasteiger partial charge in [0.25, 0.3) is 5.91 Å². The third-order valence-electron chi connectivity index (χ3n) is 4.49. The predicted octanol–water partition coefficient (Wildman–Crippen LogP) is 3.43. The van der Waals surface area contributed by atoms with Crippen molar-refractivity contribution in [2.75, 3.05) is 24.6 Å². The van der Waals surface area contributed by atoms with E-state index < -0.39 is 0 Å².